The highest BCUT2D eigenvalue weighted by molar-refractivity contribution is 14.0. The summed E-state index contributed by atoms with van der Waals surface area (Å²) >= 11 is 1.77. The van der Waals surface area contributed by atoms with Crippen LogP contribution in [0.3, 0.4) is 0 Å². The molecule has 3 rings (SSSR count). The van der Waals surface area contributed by atoms with Gasteiger partial charge in [-0.15, -0.1) is 45.5 Å². The van der Waals surface area contributed by atoms with E-state index in [9.17, 15) is 0 Å². The Morgan fingerprint density at radius 1 is 1.34 bits per heavy atom. The molecule has 0 saturated carbocycles. The van der Waals surface area contributed by atoms with E-state index in [1.54, 1.807) is 11.3 Å². The summed E-state index contributed by atoms with van der Waals surface area (Å²) in [7, 11) is 1.99. The summed E-state index contributed by atoms with van der Waals surface area (Å²) in [6.07, 6.45) is 1.22. The zero-order valence-electron chi connectivity index (χ0n) is 18.0. The molecule has 29 heavy (non-hydrogen) atoms. The number of nitrogens with one attached hydrogen (secondary N) is 1. The first-order chi connectivity index (χ1) is 13.6. The highest BCUT2D eigenvalue weighted by Crippen LogP contribution is 2.18. The normalized spacial score (nSPS) is 17.1. The van der Waals surface area contributed by atoms with Gasteiger partial charge in [-0.05, 0) is 43.8 Å². The predicted octanol–water partition coefficient (Wildman–Crippen LogP) is 3.11. The van der Waals surface area contributed by atoms with Crippen molar-refractivity contribution in [2.75, 3.05) is 32.7 Å². The molecular weight excluding hydrogens is 497 g/mol. The number of likely N-dealkylation sites (tertiary alicyclic amines) is 1. The van der Waals surface area contributed by atoms with Crippen LogP contribution < -0.4 is 5.32 Å². The minimum Gasteiger partial charge on any atom is -0.351 e. The molecule has 7 nitrogen and oxygen atoms in total. The molecule has 2 aromatic rings. The molecule has 0 bridgehead atoms. The summed E-state index contributed by atoms with van der Waals surface area (Å²) in [5.41, 5.74) is 0. The fraction of sp³-hybridized carbons (Fsp3) is 0.650. The minimum atomic E-state index is 0. The maximum Gasteiger partial charge on any atom is 0.194 e. The van der Waals surface area contributed by atoms with Gasteiger partial charge < -0.3 is 19.7 Å². The lowest BCUT2D eigenvalue weighted by Crippen LogP contribution is -2.40. The molecule has 0 radical (unpaired) electrons. The molecule has 0 spiro atoms. The van der Waals surface area contributed by atoms with Gasteiger partial charge in [0.05, 0.1) is 6.54 Å². The van der Waals surface area contributed by atoms with Gasteiger partial charge >= 0.3 is 0 Å². The average Bonchev–Trinajstić information content (AvgIpc) is 3.44. The van der Waals surface area contributed by atoms with E-state index in [2.05, 4.69) is 56.7 Å². The Hall–Kier alpha value is -1.20. The Kier molecular flexibility index (Phi) is 9.84. The lowest BCUT2D eigenvalue weighted by molar-refractivity contribution is 0.255. The van der Waals surface area contributed by atoms with E-state index in [0.29, 0.717) is 12.5 Å². The first-order valence-corrected chi connectivity index (χ1v) is 11.1. The van der Waals surface area contributed by atoms with Crippen molar-refractivity contribution in [3.63, 3.8) is 0 Å². The monoisotopic (exact) mass is 531 g/mol. The molecule has 0 amide bonds. The standard InChI is InChI=1S/C20H33N7S.HI/c1-5-26(6-2)14-17-9-10-27(15-17)20(21-12-18-8-7-11-28-18)22-13-19-24-23-16(3)25(19)4;/h7-8,11,17H,5-6,9-10,12-15H2,1-4H3,(H,21,22);1H. The molecule has 0 aliphatic carbocycles. The van der Waals surface area contributed by atoms with Crippen molar-refractivity contribution in [3.8, 4) is 0 Å². The Bertz CT molecular complexity index is 755. The number of hydrogen-bond donors (Lipinski definition) is 1. The van der Waals surface area contributed by atoms with E-state index in [0.717, 1.165) is 50.3 Å². The van der Waals surface area contributed by atoms with E-state index in [1.807, 2.05) is 18.5 Å². The summed E-state index contributed by atoms with van der Waals surface area (Å²) in [5.74, 6) is 3.49. The minimum absolute atomic E-state index is 0. The van der Waals surface area contributed by atoms with Crippen LogP contribution >= 0.6 is 35.3 Å². The van der Waals surface area contributed by atoms with E-state index in [1.165, 1.54) is 17.8 Å². The fourth-order valence-corrected chi connectivity index (χ4v) is 4.25. The maximum absolute atomic E-state index is 4.90. The van der Waals surface area contributed by atoms with Crippen molar-refractivity contribution in [3.05, 3.63) is 34.0 Å². The second kappa shape index (κ2) is 11.8. The fourth-order valence-electron chi connectivity index (χ4n) is 3.60. The molecule has 1 aliphatic rings. The highest BCUT2D eigenvalue weighted by atomic mass is 127. The van der Waals surface area contributed by atoms with Crippen molar-refractivity contribution < 1.29 is 0 Å². The molecular formula is C20H34IN7S. The molecule has 1 aliphatic heterocycles. The van der Waals surface area contributed by atoms with Gasteiger partial charge in [0.1, 0.15) is 12.4 Å². The van der Waals surface area contributed by atoms with Crippen LogP contribution in [0.25, 0.3) is 0 Å². The van der Waals surface area contributed by atoms with Crippen LogP contribution in [0.4, 0.5) is 0 Å². The predicted molar refractivity (Wildman–Crippen MR) is 131 cm³/mol. The second-order valence-corrected chi connectivity index (χ2v) is 8.41. The lowest BCUT2D eigenvalue weighted by atomic mass is 10.1. The summed E-state index contributed by atoms with van der Waals surface area (Å²) in [4.78, 5) is 11.2. The van der Waals surface area contributed by atoms with Crippen molar-refractivity contribution in [1.29, 1.82) is 0 Å². The number of hydrogen-bond acceptors (Lipinski definition) is 5. The number of aromatic nitrogens is 3. The largest absolute Gasteiger partial charge is 0.351 e. The van der Waals surface area contributed by atoms with Crippen molar-refractivity contribution in [2.24, 2.45) is 18.0 Å². The van der Waals surface area contributed by atoms with Crippen LogP contribution in [0.15, 0.2) is 22.5 Å². The Balaban J connectivity index is 0.00000300. The van der Waals surface area contributed by atoms with Gasteiger partial charge in [0, 0.05) is 31.6 Å². The number of rotatable bonds is 8. The van der Waals surface area contributed by atoms with Crippen LogP contribution in [0.2, 0.25) is 0 Å². The van der Waals surface area contributed by atoms with Crippen LogP contribution in [0.1, 0.15) is 36.8 Å². The molecule has 162 valence electrons. The molecule has 0 aromatic carbocycles. The summed E-state index contributed by atoms with van der Waals surface area (Å²) < 4.78 is 2.01. The van der Waals surface area contributed by atoms with Gasteiger partial charge in [0.15, 0.2) is 11.8 Å². The van der Waals surface area contributed by atoms with Gasteiger partial charge in [0.25, 0.3) is 0 Å². The third-order valence-corrected chi connectivity index (χ3v) is 6.43. The van der Waals surface area contributed by atoms with Crippen molar-refractivity contribution in [1.82, 2.24) is 29.9 Å². The first-order valence-electron chi connectivity index (χ1n) is 10.2. The van der Waals surface area contributed by atoms with Crippen LogP contribution in [0, 0.1) is 12.8 Å². The Morgan fingerprint density at radius 2 is 2.14 bits per heavy atom. The van der Waals surface area contributed by atoms with E-state index < -0.39 is 0 Å². The van der Waals surface area contributed by atoms with Gasteiger partial charge in [-0.1, -0.05) is 19.9 Å². The maximum atomic E-state index is 4.90. The van der Waals surface area contributed by atoms with Crippen LogP contribution in [-0.4, -0.2) is 63.2 Å². The van der Waals surface area contributed by atoms with Crippen molar-refractivity contribution >= 4 is 41.3 Å². The smallest absolute Gasteiger partial charge is 0.194 e. The summed E-state index contributed by atoms with van der Waals surface area (Å²) in [6, 6.07) is 4.26. The zero-order valence-corrected chi connectivity index (χ0v) is 21.1. The number of guanidine groups is 1. The molecule has 1 N–H and O–H groups in total. The lowest BCUT2D eigenvalue weighted by Gasteiger charge is -2.24. The number of halogens is 1. The zero-order chi connectivity index (χ0) is 19.9. The number of aliphatic imine (C=N–C) groups is 1. The second-order valence-electron chi connectivity index (χ2n) is 7.38. The molecule has 3 heterocycles. The van der Waals surface area contributed by atoms with Gasteiger partial charge in [-0.2, -0.15) is 0 Å². The van der Waals surface area contributed by atoms with E-state index in [-0.39, 0.29) is 24.0 Å². The van der Waals surface area contributed by atoms with Crippen molar-refractivity contribution in [2.45, 2.75) is 40.3 Å². The summed E-state index contributed by atoms with van der Waals surface area (Å²) in [5, 5.41) is 14.1. The van der Waals surface area contributed by atoms with Gasteiger partial charge in [-0.25, -0.2) is 4.99 Å². The average molecular weight is 532 g/mol. The number of nitrogens with zero attached hydrogens (tertiary/aromatic N) is 6. The molecule has 1 saturated heterocycles. The Morgan fingerprint density at radius 3 is 2.76 bits per heavy atom. The Labute approximate surface area is 195 Å². The number of thiophene rings is 1. The first kappa shape index (κ1) is 24.1. The van der Waals surface area contributed by atoms with E-state index >= 15 is 0 Å². The number of aryl methyl sites for hydroxylation is 1. The molecule has 9 heteroatoms. The van der Waals surface area contributed by atoms with Gasteiger partial charge in [0.2, 0.25) is 0 Å². The molecule has 1 atom stereocenters. The third-order valence-electron chi connectivity index (χ3n) is 5.55. The van der Waals surface area contributed by atoms with Crippen LogP contribution in [0.5, 0.6) is 0 Å². The molecule has 2 aromatic heterocycles. The van der Waals surface area contributed by atoms with E-state index in [4.69, 9.17) is 4.99 Å². The third kappa shape index (κ3) is 6.65. The topological polar surface area (TPSA) is 61.6 Å². The quantitative estimate of drug-likeness (QED) is 0.322. The molecule has 1 unspecified atom stereocenters. The summed E-state index contributed by atoms with van der Waals surface area (Å²) in [6.45, 7) is 13.3. The molecule has 1 fully saturated rings. The van der Waals surface area contributed by atoms with Gasteiger partial charge in [-0.3, -0.25) is 0 Å². The highest BCUT2D eigenvalue weighted by Gasteiger charge is 2.26. The SMILES string of the molecule is CCN(CC)CC1CCN(C(=NCc2nnc(C)n2C)NCc2cccs2)C1.I. The van der Waals surface area contributed by atoms with Crippen LogP contribution in [-0.2, 0) is 20.1 Å².